The minimum absolute atomic E-state index is 0.168. The Morgan fingerprint density at radius 2 is 2.11 bits per heavy atom. The largest absolute Gasteiger partial charge is 0.465 e. The van der Waals surface area contributed by atoms with Gasteiger partial charge in [-0.25, -0.2) is 0 Å². The van der Waals surface area contributed by atoms with E-state index >= 15 is 0 Å². The van der Waals surface area contributed by atoms with E-state index in [2.05, 4.69) is 0 Å². The fourth-order valence-electron chi connectivity index (χ4n) is 1.89. The second-order valence-corrected chi connectivity index (χ2v) is 5.06. The second kappa shape index (κ2) is 5.48. The summed E-state index contributed by atoms with van der Waals surface area (Å²) in [6, 6.07) is -0.797. The monoisotopic (exact) mass is 256 g/mol. The molecular weight excluding hydrogens is 236 g/mol. The number of esters is 1. The zero-order valence-corrected chi connectivity index (χ0v) is 11.1. The van der Waals surface area contributed by atoms with Crippen LogP contribution in [0.4, 0.5) is 0 Å². The summed E-state index contributed by atoms with van der Waals surface area (Å²) < 4.78 is 4.76. The second-order valence-electron chi connectivity index (χ2n) is 5.06. The molecule has 1 saturated heterocycles. The molecule has 6 heteroatoms. The molecular formula is C12H20N2O4. The average molecular weight is 256 g/mol. The molecule has 1 rings (SSSR count). The lowest BCUT2D eigenvalue weighted by Gasteiger charge is -2.19. The summed E-state index contributed by atoms with van der Waals surface area (Å²) in [6.45, 7) is 5.60. The minimum Gasteiger partial charge on any atom is -0.465 e. The number of carbonyl (C=O) groups excluding carboxylic acids is 3. The van der Waals surface area contributed by atoms with Gasteiger partial charge in [0.25, 0.3) is 0 Å². The first kappa shape index (κ1) is 14.6. The van der Waals surface area contributed by atoms with Crippen molar-refractivity contribution in [1.29, 1.82) is 0 Å². The van der Waals surface area contributed by atoms with E-state index in [-0.39, 0.29) is 37.8 Å². The SMILES string of the molecule is CCOC(=O)C(N)CCN1C(=O)CC(C)(C)C1=O. The molecule has 0 spiro atoms. The first-order valence-corrected chi connectivity index (χ1v) is 6.06. The van der Waals surface area contributed by atoms with Gasteiger partial charge in [0.05, 0.1) is 12.0 Å². The lowest BCUT2D eigenvalue weighted by molar-refractivity contribution is -0.146. The predicted octanol–water partition coefficient (Wildman–Crippen LogP) is 0.0520. The van der Waals surface area contributed by atoms with E-state index in [4.69, 9.17) is 10.5 Å². The summed E-state index contributed by atoms with van der Waals surface area (Å²) in [6.07, 6.45) is 0.437. The Kier molecular flexibility index (Phi) is 4.45. The number of hydrogen-bond acceptors (Lipinski definition) is 5. The molecule has 0 aromatic heterocycles. The molecule has 6 nitrogen and oxygen atoms in total. The smallest absolute Gasteiger partial charge is 0.322 e. The molecule has 1 aliphatic heterocycles. The van der Waals surface area contributed by atoms with E-state index in [9.17, 15) is 14.4 Å². The van der Waals surface area contributed by atoms with E-state index < -0.39 is 17.4 Å². The van der Waals surface area contributed by atoms with E-state index in [1.165, 1.54) is 4.90 Å². The zero-order chi connectivity index (χ0) is 13.9. The number of amides is 2. The molecule has 1 atom stereocenters. The van der Waals surface area contributed by atoms with Crippen LogP contribution in [0.5, 0.6) is 0 Å². The summed E-state index contributed by atoms with van der Waals surface area (Å²) in [5, 5.41) is 0. The maximum absolute atomic E-state index is 11.9. The van der Waals surface area contributed by atoms with Crippen LogP contribution in [0.3, 0.4) is 0 Å². The summed E-state index contributed by atoms with van der Waals surface area (Å²) in [7, 11) is 0. The van der Waals surface area contributed by atoms with Crippen LogP contribution in [-0.2, 0) is 19.1 Å². The van der Waals surface area contributed by atoms with E-state index in [0.717, 1.165) is 0 Å². The molecule has 1 fully saturated rings. The Bertz CT molecular complexity index is 365. The van der Waals surface area contributed by atoms with Crippen LogP contribution in [0.25, 0.3) is 0 Å². The van der Waals surface area contributed by atoms with E-state index in [1.807, 2.05) is 0 Å². The lowest BCUT2D eigenvalue weighted by Crippen LogP contribution is -2.39. The summed E-state index contributed by atoms with van der Waals surface area (Å²) >= 11 is 0. The number of ether oxygens (including phenoxy) is 1. The van der Waals surface area contributed by atoms with Gasteiger partial charge in [-0.15, -0.1) is 0 Å². The van der Waals surface area contributed by atoms with Gasteiger partial charge in [0, 0.05) is 13.0 Å². The van der Waals surface area contributed by atoms with Crippen molar-refractivity contribution in [1.82, 2.24) is 4.90 Å². The van der Waals surface area contributed by atoms with Gasteiger partial charge in [-0.3, -0.25) is 19.3 Å². The van der Waals surface area contributed by atoms with E-state index in [0.29, 0.717) is 0 Å². The van der Waals surface area contributed by atoms with Crippen LogP contribution in [0.2, 0.25) is 0 Å². The Balaban J connectivity index is 2.52. The molecule has 0 aliphatic carbocycles. The Morgan fingerprint density at radius 1 is 1.50 bits per heavy atom. The number of rotatable bonds is 5. The van der Waals surface area contributed by atoms with Gasteiger partial charge in [-0.1, -0.05) is 13.8 Å². The highest BCUT2D eigenvalue weighted by Gasteiger charge is 2.44. The maximum Gasteiger partial charge on any atom is 0.322 e. The van der Waals surface area contributed by atoms with Crippen LogP contribution >= 0.6 is 0 Å². The highest BCUT2D eigenvalue weighted by Crippen LogP contribution is 2.31. The molecule has 0 aromatic rings. The number of nitrogens with two attached hydrogens (primary N) is 1. The minimum atomic E-state index is -0.797. The van der Waals surface area contributed by atoms with Crippen LogP contribution in [0.1, 0.15) is 33.6 Å². The third kappa shape index (κ3) is 3.07. The molecule has 0 bridgehead atoms. The van der Waals surface area contributed by atoms with Crippen LogP contribution in [0, 0.1) is 5.41 Å². The van der Waals surface area contributed by atoms with Crippen molar-refractivity contribution in [2.75, 3.05) is 13.2 Å². The molecule has 0 radical (unpaired) electrons. The van der Waals surface area contributed by atoms with Crippen molar-refractivity contribution < 1.29 is 19.1 Å². The summed E-state index contributed by atoms with van der Waals surface area (Å²) in [5.74, 6) is -0.916. The number of carbonyl (C=O) groups is 3. The van der Waals surface area contributed by atoms with E-state index in [1.54, 1.807) is 20.8 Å². The molecule has 0 aromatic carbocycles. The summed E-state index contributed by atoms with van der Waals surface area (Å²) in [5.41, 5.74) is 4.97. The quantitative estimate of drug-likeness (QED) is 0.554. The van der Waals surface area contributed by atoms with Crippen molar-refractivity contribution in [3.63, 3.8) is 0 Å². The molecule has 102 valence electrons. The van der Waals surface area contributed by atoms with Gasteiger partial charge in [0.1, 0.15) is 6.04 Å². The highest BCUT2D eigenvalue weighted by molar-refractivity contribution is 6.05. The third-order valence-electron chi connectivity index (χ3n) is 2.97. The topological polar surface area (TPSA) is 89.7 Å². The molecule has 18 heavy (non-hydrogen) atoms. The van der Waals surface area contributed by atoms with Gasteiger partial charge in [0.15, 0.2) is 0 Å². The number of likely N-dealkylation sites (tertiary alicyclic amines) is 1. The van der Waals surface area contributed by atoms with Gasteiger partial charge in [-0.05, 0) is 13.3 Å². The maximum atomic E-state index is 11.9. The van der Waals surface area contributed by atoms with Crippen LogP contribution < -0.4 is 5.73 Å². The van der Waals surface area contributed by atoms with Crippen molar-refractivity contribution >= 4 is 17.8 Å². The molecule has 1 heterocycles. The van der Waals surface area contributed by atoms with Crippen molar-refractivity contribution in [3.05, 3.63) is 0 Å². The van der Waals surface area contributed by atoms with Gasteiger partial charge < -0.3 is 10.5 Å². The fourth-order valence-corrected chi connectivity index (χ4v) is 1.89. The third-order valence-corrected chi connectivity index (χ3v) is 2.97. The van der Waals surface area contributed by atoms with Gasteiger partial charge >= 0.3 is 5.97 Å². The van der Waals surface area contributed by atoms with Crippen molar-refractivity contribution in [2.45, 2.75) is 39.7 Å². The molecule has 1 aliphatic rings. The Morgan fingerprint density at radius 3 is 2.56 bits per heavy atom. The molecule has 2 amide bonds. The molecule has 1 unspecified atom stereocenters. The van der Waals surface area contributed by atoms with Gasteiger partial charge in [0.2, 0.25) is 11.8 Å². The zero-order valence-electron chi connectivity index (χ0n) is 11.1. The fraction of sp³-hybridized carbons (Fsp3) is 0.750. The lowest BCUT2D eigenvalue weighted by atomic mass is 9.92. The summed E-state index contributed by atoms with van der Waals surface area (Å²) in [4.78, 5) is 36.0. The van der Waals surface area contributed by atoms with Crippen molar-refractivity contribution in [2.24, 2.45) is 11.1 Å². The standard InChI is InChI=1S/C12H20N2O4/c1-4-18-10(16)8(13)5-6-14-9(15)7-12(2,3)11(14)17/h8H,4-7,13H2,1-3H3. The number of imide groups is 1. The first-order chi connectivity index (χ1) is 8.29. The first-order valence-electron chi connectivity index (χ1n) is 6.06. The Hall–Kier alpha value is -1.43. The molecule has 0 saturated carbocycles. The molecule has 2 N–H and O–H groups in total. The normalized spacial score (nSPS) is 20.1. The average Bonchev–Trinajstić information content (AvgIpc) is 2.46. The van der Waals surface area contributed by atoms with Crippen LogP contribution in [0.15, 0.2) is 0 Å². The highest BCUT2D eigenvalue weighted by atomic mass is 16.5. The van der Waals surface area contributed by atoms with Crippen molar-refractivity contribution in [3.8, 4) is 0 Å². The van der Waals surface area contributed by atoms with Crippen LogP contribution in [-0.4, -0.2) is 41.9 Å². The predicted molar refractivity (Wildman–Crippen MR) is 64.3 cm³/mol. The Labute approximate surface area is 106 Å². The number of nitrogens with zero attached hydrogens (tertiary/aromatic N) is 1. The van der Waals surface area contributed by atoms with Gasteiger partial charge in [-0.2, -0.15) is 0 Å². The number of hydrogen-bond donors (Lipinski definition) is 1.